The molecule has 0 atom stereocenters. The van der Waals surface area contributed by atoms with Gasteiger partial charge in [-0.15, -0.1) is 0 Å². The second kappa shape index (κ2) is 6.58. The van der Waals surface area contributed by atoms with Crippen molar-refractivity contribution in [2.45, 2.75) is 6.42 Å². The van der Waals surface area contributed by atoms with Gasteiger partial charge in [-0.2, -0.15) is 0 Å². The zero-order chi connectivity index (χ0) is 17.1. The van der Waals surface area contributed by atoms with E-state index in [0.29, 0.717) is 17.5 Å². The van der Waals surface area contributed by atoms with Crippen molar-refractivity contribution in [1.29, 1.82) is 0 Å². The minimum absolute atomic E-state index is 0.269. The number of aromatic nitrogens is 1. The van der Waals surface area contributed by atoms with Crippen molar-refractivity contribution in [3.63, 3.8) is 0 Å². The third-order valence-corrected chi connectivity index (χ3v) is 4.03. The SMILES string of the molecule is COC(=O)c1c[nH]c(C(=O)OC)c1Cc1cccc2ccccc12. The summed E-state index contributed by atoms with van der Waals surface area (Å²) >= 11 is 0. The van der Waals surface area contributed by atoms with Gasteiger partial charge >= 0.3 is 11.9 Å². The summed E-state index contributed by atoms with van der Waals surface area (Å²) in [7, 11) is 2.62. The minimum Gasteiger partial charge on any atom is -0.465 e. The highest BCUT2D eigenvalue weighted by Gasteiger charge is 2.23. The number of nitrogens with one attached hydrogen (secondary N) is 1. The number of methoxy groups -OCH3 is 2. The van der Waals surface area contributed by atoms with Crippen LogP contribution in [0.2, 0.25) is 0 Å². The minimum atomic E-state index is -0.514. The second-order valence-electron chi connectivity index (χ2n) is 5.35. The second-order valence-corrected chi connectivity index (χ2v) is 5.35. The number of H-pyrrole nitrogens is 1. The zero-order valence-corrected chi connectivity index (χ0v) is 13.5. The highest BCUT2D eigenvalue weighted by Crippen LogP contribution is 2.25. The Morgan fingerprint density at radius 1 is 0.958 bits per heavy atom. The smallest absolute Gasteiger partial charge is 0.354 e. The first kappa shape index (κ1) is 15.8. The Labute approximate surface area is 139 Å². The molecule has 0 bridgehead atoms. The van der Waals surface area contributed by atoms with E-state index in [1.807, 2.05) is 42.5 Å². The molecule has 0 radical (unpaired) electrons. The Kier molecular flexibility index (Phi) is 4.33. The molecule has 5 nitrogen and oxygen atoms in total. The Hall–Kier alpha value is -3.08. The quantitative estimate of drug-likeness (QED) is 0.748. The predicted molar refractivity (Wildman–Crippen MR) is 90.2 cm³/mol. The molecule has 0 saturated carbocycles. The average molecular weight is 323 g/mol. The summed E-state index contributed by atoms with van der Waals surface area (Å²) in [6.45, 7) is 0. The van der Waals surface area contributed by atoms with E-state index in [1.165, 1.54) is 20.4 Å². The number of ether oxygens (including phenoxy) is 2. The monoisotopic (exact) mass is 323 g/mol. The van der Waals surface area contributed by atoms with Gasteiger partial charge in [-0.3, -0.25) is 0 Å². The molecule has 0 unspecified atom stereocenters. The van der Waals surface area contributed by atoms with E-state index in [1.54, 1.807) is 0 Å². The molecule has 1 aromatic heterocycles. The van der Waals surface area contributed by atoms with E-state index in [2.05, 4.69) is 4.98 Å². The van der Waals surface area contributed by atoms with E-state index in [0.717, 1.165) is 16.3 Å². The van der Waals surface area contributed by atoms with Gasteiger partial charge in [0.15, 0.2) is 0 Å². The van der Waals surface area contributed by atoms with E-state index in [9.17, 15) is 9.59 Å². The van der Waals surface area contributed by atoms with Crippen molar-refractivity contribution in [1.82, 2.24) is 4.98 Å². The van der Waals surface area contributed by atoms with Crippen LogP contribution in [0.4, 0.5) is 0 Å². The van der Waals surface area contributed by atoms with Crippen molar-refractivity contribution < 1.29 is 19.1 Å². The molecule has 0 amide bonds. The Bertz CT molecular complexity index is 872. The standard InChI is InChI=1S/C19H17NO4/c1-23-18(21)16-11-20-17(19(22)24-2)15(16)10-13-8-5-7-12-6-3-4-9-14(12)13/h3-9,11,20H,10H2,1-2H3. The van der Waals surface area contributed by atoms with E-state index in [-0.39, 0.29) is 5.69 Å². The van der Waals surface area contributed by atoms with Crippen molar-refractivity contribution in [3.05, 3.63) is 71.0 Å². The lowest BCUT2D eigenvalue weighted by molar-refractivity contribution is 0.0593. The van der Waals surface area contributed by atoms with Crippen LogP contribution in [0.3, 0.4) is 0 Å². The molecule has 122 valence electrons. The molecule has 0 spiro atoms. The molecule has 3 rings (SSSR count). The summed E-state index contributed by atoms with van der Waals surface area (Å²) in [4.78, 5) is 26.9. The maximum absolute atomic E-state index is 12.0. The molecule has 3 aromatic rings. The maximum atomic E-state index is 12.0. The van der Waals surface area contributed by atoms with Crippen LogP contribution in [-0.2, 0) is 15.9 Å². The molecule has 0 aliphatic heterocycles. The fourth-order valence-electron chi connectivity index (χ4n) is 2.85. The molecule has 0 saturated heterocycles. The summed E-state index contributed by atoms with van der Waals surface area (Å²) in [6, 6.07) is 14.0. The van der Waals surface area contributed by atoms with Gasteiger partial charge in [-0.1, -0.05) is 42.5 Å². The molecule has 1 N–H and O–H groups in total. The molecule has 0 aliphatic rings. The summed E-state index contributed by atoms with van der Waals surface area (Å²) in [5.74, 6) is -1.00. The number of carbonyl (C=O) groups excluding carboxylic acids is 2. The summed E-state index contributed by atoms with van der Waals surface area (Å²) in [5.41, 5.74) is 2.20. The molecule has 0 aliphatic carbocycles. The van der Waals surface area contributed by atoms with Crippen LogP contribution >= 0.6 is 0 Å². The van der Waals surface area contributed by atoms with Crippen LogP contribution in [0.1, 0.15) is 32.0 Å². The van der Waals surface area contributed by atoms with Gasteiger partial charge in [0.1, 0.15) is 5.69 Å². The summed E-state index contributed by atoms with van der Waals surface area (Å²) in [6.07, 6.45) is 1.90. The number of hydrogen-bond acceptors (Lipinski definition) is 4. The lowest BCUT2D eigenvalue weighted by atomic mass is 9.96. The molecular formula is C19H17NO4. The number of aromatic amines is 1. The van der Waals surface area contributed by atoms with Crippen molar-refractivity contribution in [2.24, 2.45) is 0 Å². The number of benzene rings is 2. The Morgan fingerprint density at radius 3 is 2.42 bits per heavy atom. The van der Waals surface area contributed by atoms with Crippen molar-refractivity contribution >= 4 is 22.7 Å². The number of esters is 2. The molecule has 0 fully saturated rings. The summed E-state index contributed by atoms with van der Waals surface area (Å²) in [5, 5.41) is 2.18. The number of fused-ring (bicyclic) bond motifs is 1. The third-order valence-electron chi connectivity index (χ3n) is 4.03. The first-order chi connectivity index (χ1) is 11.7. The number of rotatable bonds is 4. The van der Waals surface area contributed by atoms with E-state index >= 15 is 0 Å². The molecular weight excluding hydrogens is 306 g/mol. The summed E-state index contributed by atoms with van der Waals surface area (Å²) < 4.78 is 9.62. The Morgan fingerprint density at radius 2 is 1.67 bits per heavy atom. The Balaban J connectivity index is 2.12. The average Bonchev–Trinajstić information content (AvgIpc) is 3.04. The predicted octanol–water partition coefficient (Wildman–Crippen LogP) is 3.33. The highest BCUT2D eigenvalue weighted by atomic mass is 16.5. The fraction of sp³-hybridized carbons (Fsp3) is 0.158. The zero-order valence-electron chi connectivity index (χ0n) is 13.5. The lowest BCUT2D eigenvalue weighted by Gasteiger charge is -2.09. The van der Waals surface area contributed by atoms with Gasteiger partial charge in [0.05, 0.1) is 19.8 Å². The lowest BCUT2D eigenvalue weighted by Crippen LogP contribution is -2.09. The molecule has 2 aromatic carbocycles. The van der Waals surface area contributed by atoms with Gasteiger partial charge in [-0.25, -0.2) is 9.59 Å². The van der Waals surface area contributed by atoms with Crippen LogP contribution in [0, 0.1) is 0 Å². The normalized spacial score (nSPS) is 10.6. The van der Waals surface area contributed by atoms with Gasteiger partial charge in [0.25, 0.3) is 0 Å². The first-order valence-corrected chi connectivity index (χ1v) is 7.49. The van der Waals surface area contributed by atoms with Gasteiger partial charge < -0.3 is 14.5 Å². The largest absolute Gasteiger partial charge is 0.465 e. The van der Waals surface area contributed by atoms with Gasteiger partial charge in [0, 0.05) is 18.2 Å². The fourth-order valence-corrected chi connectivity index (χ4v) is 2.85. The van der Waals surface area contributed by atoms with Crippen molar-refractivity contribution in [3.8, 4) is 0 Å². The topological polar surface area (TPSA) is 68.4 Å². The maximum Gasteiger partial charge on any atom is 0.354 e. The van der Waals surface area contributed by atoms with Gasteiger partial charge in [0.2, 0.25) is 0 Å². The number of carbonyl (C=O) groups is 2. The highest BCUT2D eigenvalue weighted by molar-refractivity contribution is 5.98. The van der Waals surface area contributed by atoms with Gasteiger partial charge in [-0.05, 0) is 16.3 Å². The van der Waals surface area contributed by atoms with Crippen LogP contribution in [0.15, 0.2) is 48.7 Å². The van der Waals surface area contributed by atoms with Crippen LogP contribution < -0.4 is 0 Å². The van der Waals surface area contributed by atoms with Crippen LogP contribution in [0.25, 0.3) is 10.8 Å². The number of hydrogen-bond donors (Lipinski definition) is 1. The van der Waals surface area contributed by atoms with Crippen molar-refractivity contribution in [2.75, 3.05) is 14.2 Å². The van der Waals surface area contributed by atoms with E-state index < -0.39 is 11.9 Å². The van der Waals surface area contributed by atoms with E-state index in [4.69, 9.17) is 9.47 Å². The van der Waals surface area contributed by atoms with Crippen LogP contribution in [-0.4, -0.2) is 31.1 Å². The third kappa shape index (κ3) is 2.76. The molecule has 5 heteroatoms. The molecule has 1 heterocycles. The molecule has 24 heavy (non-hydrogen) atoms. The van der Waals surface area contributed by atoms with Crippen LogP contribution in [0.5, 0.6) is 0 Å². The first-order valence-electron chi connectivity index (χ1n) is 7.49.